The third-order valence-electron chi connectivity index (χ3n) is 5.98. The van der Waals surface area contributed by atoms with Gasteiger partial charge in [-0.15, -0.1) is 0 Å². The van der Waals surface area contributed by atoms with Gasteiger partial charge in [0.2, 0.25) is 18.8 Å². The Morgan fingerprint density at radius 1 is 0.938 bits per heavy atom. The molecular formula is C23H25N3O6. The van der Waals surface area contributed by atoms with Gasteiger partial charge in [-0.05, 0) is 31.2 Å². The fourth-order valence-corrected chi connectivity index (χ4v) is 4.06. The van der Waals surface area contributed by atoms with Crippen LogP contribution in [0.25, 0.3) is 0 Å². The molecule has 0 aromatic heterocycles. The van der Waals surface area contributed by atoms with E-state index in [1.54, 1.807) is 29.2 Å². The van der Waals surface area contributed by atoms with Gasteiger partial charge < -0.3 is 29.2 Å². The van der Waals surface area contributed by atoms with Gasteiger partial charge in [0, 0.05) is 37.9 Å². The van der Waals surface area contributed by atoms with Crippen molar-refractivity contribution < 1.29 is 28.5 Å². The molecule has 32 heavy (non-hydrogen) atoms. The summed E-state index contributed by atoms with van der Waals surface area (Å²) in [5, 5.41) is 2.93. The van der Waals surface area contributed by atoms with Crippen LogP contribution in [0.2, 0.25) is 0 Å². The molecule has 2 aromatic carbocycles. The average Bonchev–Trinajstić information content (AvgIpc) is 3.31. The topological polar surface area (TPSA) is 89.6 Å². The summed E-state index contributed by atoms with van der Waals surface area (Å²) in [7, 11) is 0. The van der Waals surface area contributed by atoms with Gasteiger partial charge >= 0.3 is 0 Å². The third-order valence-corrected chi connectivity index (χ3v) is 5.98. The van der Waals surface area contributed by atoms with Gasteiger partial charge in [0.15, 0.2) is 23.0 Å². The highest BCUT2D eigenvalue weighted by Crippen LogP contribution is 2.34. The van der Waals surface area contributed by atoms with E-state index >= 15 is 0 Å². The molecule has 168 valence electrons. The van der Waals surface area contributed by atoms with Crippen LogP contribution in [0.4, 0.5) is 5.69 Å². The Morgan fingerprint density at radius 2 is 1.66 bits per heavy atom. The molecule has 5 rings (SSSR count). The van der Waals surface area contributed by atoms with Crippen LogP contribution in [0.15, 0.2) is 42.5 Å². The number of ether oxygens (including phenoxy) is 4. The average molecular weight is 439 g/mol. The summed E-state index contributed by atoms with van der Waals surface area (Å²) in [6.45, 7) is 4.52. The van der Waals surface area contributed by atoms with Gasteiger partial charge in [0.05, 0.1) is 6.04 Å². The SMILES string of the molecule is C[C@@H](C(=O)Nc1ccc2c(c1)OCO2)N1CCN(C(=O)[C@@H]2COc3ccccc3O2)CC1. The lowest BCUT2D eigenvalue weighted by Crippen LogP contribution is -2.57. The molecule has 0 unspecified atom stereocenters. The first-order chi connectivity index (χ1) is 15.6. The Hall–Kier alpha value is -3.46. The van der Waals surface area contributed by atoms with E-state index in [0.717, 1.165) is 0 Å². The van der Waals surface area contributed by atoms with Crippen molar-refractivity contribution in [3.63, 3.8) is 0 Å². The lowest BCUT2D eigenvalue weighted by Gasteiger charge is -2.39. The molecule has 2 amide bonds. The molecule has 0 radical (unpaired) electrons. The van der Waals surface area contributed by atoms with E-state index in [-0.39, 0.29) is 31.3 Å². The number of hydrogen-bond acceptors (Lipinski definition) is 7. The molecule has 0 aliphatic carbocycles. The Morgan fingerprint density at radius 3 is 2.47 bits per heavy atom. The summed E-state index contributed by atoms with van der Waals surface area (Å²) in [4.78, 5) is 29.5. The highest BCUT2D eigenvalue weighted by molar-refractivity contribution is 5.95. The van der Waals surface area contributed by atoms with Gasteiger partial charge in [0.1, 0.15) is 6.61 Å². The largest absolute Gasteiger partial charge is 0.485 e. The van der Waals surface area contributed by atoms with Crippen molar-refractivity contribution in [1.29, 1.82) is 0 Å². The van der Waals surface area contributed by atoms with E-state index < -0.39 is 6.10 Å². The van der Waals surface area contributed by atoms with Crippen molar-refractivity contribution in [2.24, 2.45) is 0 Å². The molecule has 0 bridgehead atoms. The Labute approximate surface area is 185 Å². The predicted octanol–water partition coefficient (Wildman–Crippen LogP) is 1.73. The van der Waals surface area contributed by atoms with Gasteiger partial charge in [-0.2, -0.15) is 0 Å². The summed E-state index contributed by atoms with van der Waals surface area (Å²) >= 11 is 0. The monoisotopic (exact) mass is 439 g/mol. The molecule has 3 aliphatic heterocycles. The van der Waals surface area contributed by atoms with Gasteiger partial charge in [0.25, 0.3) is 5.91 Å². The number of carbonyl (C=O) groups excluding carboxylic acids is 2. The molecule has 1 N–H and O–H groups in total. The number of amides is 2. The second-order valence-electron chi connectivity index (χ2n) is 7.96. The highest BCUT2D eigenvalue weighted by atomic mass is 16.7. The van der Waals surface area contributed by atoms with Crippen molar-refractivity contribution in [3.05, 3.63) is 42.5 Å². The second-order valence-corrected chi connectivity index (χ2v) is 7.96. The molecule has 3 aliphatic rings. The lowest BCUT2D eigenvalue weighted by atomic mass is 10.2. The van der Waals surface area contributed by atoms with Gasteiger partial charge in [-0.25, -0.2) is 0 Å². The number of nitrogens with one attached hydrogen (secondary N) is 1. The van der Waals surface area contributed by atoms with Crippen LogP contribution in [-0.2, 0) is 9.59 Å². The van der Waals surface area contributed by atoms with Crippen molar-refractivity contribution in [3.8, 4) is 23.0 Å². The molecule has 0 saturated carbocycles. The number of fused-ring (bicyclic) bond motifs is 2. The van der Waals surface area contributed by atoms with Gasteiger partial charge in [-0.3, -0.25) is 14.5 Å². The third kappa shape index (κ3) is 4.03. The first-order valence-electron chi connectivity index (χ1n) is 10.7. The predicted molar refractivity (Wildman–Crippen MR) is 115 cm³/mol. The summed E-state index contributed by atoms with van der Waals surface area (Å²) < 4.78 is 22.2. The first-order valence-corrected chi connectivity index (χ1v) is 10.7. The Bertz CT molecular complexity index is 1020. The Balaban J connectivity index is 1.13. The second kappa shape index (κ2) is 8.58. The highest BCUT2D eigenvalue weighted by Gasteiger charge is 2.34. The zero-order valence-corrected chi connectivity index (χ0v) is 17.8. The van der Waals surface area contributed by atoms with Crippen molar-refractivity contribution in [2.45, 2.75) is 19.1 Å². The van der Waals surface area contributed by atoms with E-state index in [0.29, 0.717) is 54.9 Å². The number of para-hydroxylation sites is 2. The van der Waals surface area contributed by atoms with Crippen LogP contribution in [0.3, 0.4) is 0 Å². The number of anilines is 1. The summed E-state index contributed by atoms with van der Waals surface area (Å²) in [5.41, 5.74) is 0.662. The van der Waals surface area contributed by atoms with Crippen molar-refractivity contribution in [2.75, 3.05) is 44.9 Å². The van der Waals surface area contributed by atoms with Crippen LogP contribution in [0.1, 0.15) is 6.92 Å². The van der Waals surface area contributed by atoms with Crippen molar-refractivity contribution in [1.82, 2.24) is 9.80 Å². The molecule has 9 heteroatoms. The summed E-state index contributed by atoms with van der Waals surface area (Å²) in [6, 6.07) is 12.3. The minimum atomic E-state index is -0.650. The Kier molecular flexibility index (Phi) is 5.48. The van der Waals surface area contributed by atoms with Crippen LogP contribution in [-0.4, -0.2) is 73.3 Å². The number of piperazine rings is 1. The zero-order valence-electron chi connectivity index (χ0n) is 17.8. The number of nitrogens with zero attached hydrogens (tertiary/aromatic N) is 2. The fourth-order valence-electron chi connectivity index (χ4n) is 4.06. The lowest BCUT2D eigenvalue weighted by molar-refractivity contribution is -0.143. The van der Waals surface area contributed by atoms with Gasteiger partial charge in [-0.1, -0.05) is 12.1 Å². The molecule has 9 nitrogen and oxygen atoms in total. The maximum Gasteiger partial charge on any atom is 0.267 e. The zero-order chi connectivity index (χ0) is 22.1. The quantitative estimate of drug-likeness (QED) is 0.776. The fraction of sp³-hybridized carbons (Fsp3) is 0.391. The number of hydrogen-bond donors (Lipinski definition) is 1. The van der Waals surface area contributed by atoms with Crippen molar-refractivity contribution >= 4 is 17.5 Å². The number of benzene rings is 2. The van der Waals surface area contributed by atoms with Crippen LogP contribution >= 0.6 is 0 Å². The maximum atomic E-state index is 12.9. The van der Waals surface area contributed by atoms with Crippen LogP contribution in [0.5, 0.6) is 23.0 Å². The minimum Gasteiger partial charge on any atom is -0.485 e. The number of rotatable bonds is 4. The van der Waals surface area contributed by atoms with Crippen LogP contribution in [0, 0.1) is 0 Å². The molecule has 3 heterocycles. The molecule has 2 aromatic rings. The number of carbonyl (C=O) groups is 2. The summed E-state index contributed by atoms with van der Waals surface area (Å²) in [6.07, 6.45) is -0.650. The summed E-state index contributed by atoms with van der Waals surface area (Å²) in [5.74, 6) is 2.35. The molecular weight excluding hydrogens is 414 g/mol. The van der Waals surface area contributed by atoms with E-state index in [4.69, 9.17) is 18.9 Å². The van der Waals surface area contributed by atoms with Crippen LogP contribution < -0.4 is 24.3 Å². The standard InChI is InChI=1S/C23H25N3O6/c1-15(22(27)24-16-6-7-18-20(12-16)31-14-30-18)25-8-10-26(11-9-25)23(28)21-13-29-17-4-2-3-5-19(17)32-21/h2-7,12,15,21H,8-11,13-14H2,1H3,(H,24,27)/t15-,21-/m0/s1. The molecule has 1 saturated heterocycles. The van der Waals surface area contributed by atoms with E-state index in [9.17, 15) is 9.59 Å². The van der Waals surface area contributed by atoms with E-state index in [1.807, 2.05) is 25.1 Å². The van der Waals surface area contributed by atoms with E-state index in [2.05, 4.69) is 10.2 Å². The molecule has 1 fully saturated rings. The molecule has 2 atom stereocenters. The van der Waals surface area contributed by atoms with E-state index in [1.165, 1.54) is 0 Å². The molecule has 0 spiro atoms. The maximum absolute atomic E-state index is 12.9. The minimum absolute atomic E-state index is 0.0865. The normalized spacial score (nSPS) is 20.5. The first kappa shape index (κ1) is 20.4. The smallest absolute Gasteiger partial charge is 0.267 e.